The van der Waals surface area contributed by atoms with Crippen LogP contribution in [0.1, 0.15) is 11.1 Å². The Labute approximate surface area is 139 Å². The first-order valence-electron chi connectivity index (χ1n) is 7.10. The molecule has 5 nitrogen and oxygen atoms in total. The molecule has 6 heteroatoms. The number of nitrogens with two attached hydrogens (primary N) is 1. The van der Waals surface area contributed by atoms with Crippen molar-refractivity contribution in [2.75, 3.05) is 16.4 Å². The van der Waals surface area contributed by atoms with Gasteiger partial charge in [0.05, 0.1) is 5.75 Å². The van der Waals surface area contributed by atoms with Gasteiger partial charge in [0.1, 0.15) is 0 Å². The summed E-state index contributed by atoms with van der Waals surface area (Å²) >= 11 is 1.50. The van der Waals surface area contributed by atoms with E-state index < -0.39 is 6.03 Å². The number of aryl methyl sites for hydroxylation is 2. The van der Waals surface area contributed by atoms with Crippen LogP contribution in [0.5, 0.6) is 0 Å². The molecule has 2 aromatic carbocycles. The first-order valence-corrected chi connectivity index (χ1v) is 8.09. The fourth-order valence-corrected chi connectivity index (χ4v) is 2.94. The molecule has 2 rings (SSSR count). The summed E-state index contributed by atoms with van der Waals surface area (Å²) in [5, 5.41) is 5.28. The van der Waals surface area contributed by atoms with Crippen LogP contribution in [0.25, 0.3) is 0 Å². The highest BCUT2D eigenvalue weighted by Crippen LogP contribution is 2.24. The van der Waals surface area contributed by atoms with Crippen LogP contribution in [0.3, 0.4) is 0 Å². The number of carbonyl (C=O) groups is 2. The van der Waals surface area contributed by atoms with E-state index in [2.05, 4.69) is 28.8 Å². The molecule has 120 valence electrons. The fraction of sp³-hybridized carbons (Fsp3) is 0.176. The molecule has 0 bridgehead atoms. The van der Waals surface area contributed by atoms with Gasteiger partial charge in [0, 0.05) is 16.3 Å². The van der Waals surface area contributed by atoms with E-state index in [0.717, 1.165) is 10.5 Å². The minimum atomic E-state index is -0.640. The maximum atomic E-state index is 12.1. The molecule has 2 aromatic rings. The van der Waals surface area contributed by atoms with Crippen LogP contribution in [-0.4, -0.2) is 17.7 Å². The monoisotopic (exact) mass is 329 g/mol. The van der Waals surface area contributed by atoms with Gasteiger partial charge in [-0.25, -0.2) is 4.79 Å². The topological polar surface area (TPSA) is 84.2 Å². The van der Waals surface area contributed by atoms with E-state index in [9.17, 15) is 9.59 Å². The second-order valence-electron chi connectivity index (χ2n) is 5.18. The van der Waals surface area contributed by atoms with Crippen molar-refractivity contribution in [3.05, 3.63) is 53.6 Å². The number of anilines is 2. The van der Waals surface area contributed by atoms with E-state index in [4.69, 9.17) is 5.73 Å². The Morgan fingerprint density at radius 2 is 1.74 bits per heavy atom. The second kappa shape index (κ2) is 7.69. The molecule has 0 heterocycles. The van der Waals surface area contributed by atoms with Gasteiger partial charge >= 0.3 is 6.03 Å². The Bertz CT molecular complexity index is 732. The zero-order valence-electron chi connectivity index (χ0n) is 13.1. The van der Waals surface area contributed by atoms with Crippen LogP contribution in [0.4, 0.5) is 16.2 Å². The Morgan fingerprint density at radius 3 is 2.43 bits per heavy atom. The van der Waals surface area contributed by atoms with Crippen molar-refractivity contribution < 1.29 is 9.59 Å². The molecule has 0 atom stereocenters. The number of thioether (sulfide) groups is 1. The Balaban J connectivity index is 1.94. The lowest BCUT2D eigenvalue weighted by Gasteiger charge is -2.09. The third-order valence-electron chi connectivity index (χ3n) is 3.12. The quantitative estimate of drug-likeness (QED) is 0.734. The highest BCUT2D eigenvalue weighted by Gasteiger charge is 2.07. The molecule has 3 amide bonds. The molecule has 0 saturated heterocycles. The predicted octanol–water partition coefficient (Wildman–Crippen LogP) is 3.52. The van der Waals surface area contributed by atoms with Crippen LogP contribution in [0, 0.1) is 13.8 Å². The Morgan fingerprint density at radius 1 is 1.04 bits per heavy atom. The molecule has 0 aliphatic heterocycles. The number of hydrogen-bond acceptors (Lipinski definition) is 3. The Hall–Kier alpha value is -2.47. The summed E-state index contributed by atoms with van der Waals surface area (Å²) in [5.41, 5.74) is 8.55. The minimum absolute atomic E-state index is 0.105. The lowest BCUT2D eigenvalue weighted by atomic mass is 10.2. The van der Waals surface area contributed by atoms with Gasteiger partial charge in [-0.05, 0) is 43.7 Å². The molecule has 0 aromatic heterocycles. The number of carbonyl (C=O) groups excluding carboxylic acids is 2. The number of rotatable bonds is 5. The van der Waals surface area contributed by atoms with Gasteiger partial charge in [0.25, 0.3) is 0 Å². The van der Waals surface area contributed by atoms with Crippen molar-refractivity contribution in [3.8, 4) is 0 Å². The van der Waals surface area contributed by atoms with Gasteiger partial charge in [-0.1, -0.05) is 23.8 Å². The van der Waals surface area contributed by atoms with Gasteiger partial charge in [-0.2, -0.15) is 0 Å². The molecule has 23 heavy (non-hydrogen) atoms. The van der Waals surface area contributed by atoms with Gasteiger partial charge < -0.3 is 16.4 Å². The number of urea groups is 1. The largest absolute Gasteiger partial charge is 0.351 e. The molecule has 0 unspecified atom stereocenters. The average molecular weight is 329 g/mol. The average Bonchev–Trinajstić information content (AvgIpc) is 2.48. The predicted molar refractivity (Wildman–Crippen MR) is 94.9 cm³/mol. The van der Waals surface area contributed by atoms with E-state index in [1.54, 1.807) is 24.3 Å². The lowest BCUT2D eigenvalue weighted by Crippen LogP contribution is -2.19. The first kappa shape index (κ1) is 16.9. The Kier molecular flexibility index (Phi) is 5.65. The van der Waals surface area contributed by atoms with Gasteiger partial charge in [-0.3, -0.25) is 4.79 Å². The third-order valence-corrected chi connectivity index (χ3v) is 4.27. The SMILES string of the molecule is Cc1ccc(C)c(SCC(=O)Nc2cccc(NC(N)=O)c2)c1. The minimum Gasteiger partial charge on any atom is -0.351 e. The summed E-state index contributed by atoms with van der Waals surface area (Å²) < 4.78 is 0. The summed E-state index contributed by atoms with van der Waals surface area (Å²) in [5.74, 6) is 0.213. The standard InChI is InChI=1S/C17H19N3O2S/c1-11-6-7-12(2)15(8-11)23-10-16(21)19-13-4-3-5-14(9-13)20-17(18)22/h3-9H,10H2,1-2H3,(H,19,21)(H3,18,20,22). The molecule has 0 aliphatic rings. The van der Waals surface area contributed by atoms with Crippen molar-refractivity contribution in [2.24, 2.45) is 5.73 Å². The van der Waals surface area contributed by atoms with Crippen LogP contribution in [0.2, 0.25) is 0 Å². The highest BCUT2D eigenvalue weighted by molar-refractivity contribution is 8.00. The molecule has 0 fully saturated rings. The maximum Gasteiger partial charge on any atom is 0.316 e. The summed E-state index contributed by atoms with van der Waals surface area (Å²) in [6.07, 6.45) is 0. The molecule has 0 aliphatic carbocycles. The smallest absolute Gasteiger partial charge is 0.316 e. The van der Waals surface area contributed by atoms with Gasteiger partial charge in [0.2, 0.25) is 5.91 Å². The van der Waals surface area contributed by atoms with Crippen molar-refractivity contribution >= 4 is 35.1 Å². The summed E-state index contributed by atoms with van der Waals surface area (Å²) in [6, 6.07) is 12.4. The number of amides is 3. The normalized spacial score (nSPS) is 10.2. The van der Waals surface area contributed by atoms with Crippen LogP contribution < -0.4 is 16.4 Å². The van der Waals surface area contributed by atoms with E-state index in [0.29, 0.717) is 17.1 Å². The van der Waals surface area contributed by atoms with E-state index >= 15 is 0 Å². The number of hydrogen-bond donors (Lipinski definition) is 3. The molecule has 0 radical (unpaired) electrons. The third kappa shape index (κ3) is 5.34. The van der Waals surface area contributed by atoms with Crippen LogP contribution >= 0.6 is 11.8 Å². The summed E-state index contributed by atoms with van der Waals surface area (Å²) in [4.78, 5) is 24.0. The highest BCUT2D eigenvalue weighted by atomic mass is 32.2. The molecule has 0 saturated carbocycles. The van der Waals surface area contributed by atoms with Crippen molar-refractivity contribution in [1.82, 2.24) is 0 Å². The van der Waals surface area contributed by atoms with E-state index in [1.807, 2.05) is 13.8 Å². The number of nitrogens with one attached hydrogen (secondary N) is 2. The van der Waals surface area contributed by atoms with Crippen LogP contribution in [-0.2, 0) is 4.79 Å². The fourth-order valence-electron chi connectivity index (χ4n) is 2.02. The first-order chi connectivity index (χ1) is 10.9. The van der Waals surface area contributed by atoms with Crippen molar-refractivity contribution in [1.29, 1.82) is 0 Å². The van der Waals surface area contributed by atoms with Crippen molar-refractivity contribution in [2.45, 2.75) is 18.7 Å². The molecule has 0 spiro atoms. The zero-order valence-corrected chi connectivity index (χ0v) is 13.9. The van der Waals surface area contributed by atoms with Gasteiger partial charge in [-0.15, -0.1) is 11.8 Å². The van der Waals surface area contributed by atoms with E-state index in [-0.39, 0.29) is 5.91 Å². The molecular formula is C17H19N3O2S. The number of benzene rings is 2. The second-order valence-corrected chi connectivity index (χ2v) is 6.19. The molecular weight excluding hydrogens is 310 g/mol. The molecule has 4 N–H and O–H groups in total. The van der Waals surface area contributed by atoms with Crippen LogP contribution in [0.15, 0.2) is 47.4 Å². The summed E-state index contributed by atoms with van der Waals surface area (Å²) in [7, 11) is 0. The summed E-state index contributed by atoms with van der Waals surface area (Å²) in [6.45, 7) is 4.06. The van der Waals surface area contributed by atoms with Crippen molar-refractivity contribution in [3.63, 3.8) is 0 Å². The maximum absolute atomic E-state index is 12.1. The lowest BCUT2D eigenvalue weighted by molar-refractivity contribution is -0.113. The number of primary amides is 1. The van der Waals surface area contributed by atoms with E-state index in [1.165, 1.54) is 17.3 Å². The van der Waals surface area contributed by atoms with Gasteiger partial charge in [0.15, 0.2) is 0 Å². The zero-order chi connectivity index (χ0) is 16.8.